The van der Waals surface area contributed by atoms with Gasteiger partial charge >= 0.3 is 0 Å². The highest BCUT2D eigenvalue weighted by Gasteiger charge is 2.12. The van der Waals surface area contributed by atoms with Gasteiger partial charge in [0.05, 0.1) is 18.5 Å². The molecule has 2 aromatic heterocycles. The third-order valence-electron chi connectivity index (χ3n) is 3.57. The van der Waals surface area contributed by atoms with Crippen molar-refractivity contribution in [3.05, 3.63) is 66.3 Å². The van der Waals surface area contributed by atoms with Crippen LogP contribution in [0.3, 0.4) is 0 Å². The molecule has 6 nitrogen and oxygen atoms in total. The highest BCUT2D eigenvalue weighted by Crippen LogP contribution is 2.20. The number of aromatic nitrogens is 2. The summed E-state index contributed by atoms with van der Waals surface area (Å²) in [6.07, 6.45) is 4.78. The summed E-state index contributed by atoms with van der Waals surface area (Å²) in [6, 6.07) is 11.1. The Hall–Kier alpha value is -3.15. The van der Waals surface area contributed by atoms with Crippen LogP contribution in [0.25, 0.3) is 11.5 Å². The molecule has 3 rings (SSSR count). The van der Waals surface area contributed by atoms with Crippen molar-refractivity contribution in [3.63, 3.8) is 0 Å². The molecule has 0 aliphatic rings. The van der Waals surface area contributed by atoms with Crippen molar-refractivity contribution in [2.24, 2.45) is 0 Å². The van der Waals surface area contributed by atoms with Crippen LogP contribution in [0.15, 0.2) is 59.5 Å². The number of carbonyl (C=O) groups is 1. The maximum atomic E-state index is 12.4. The monoisotopic (exact) mass is 322 g/mol. The van der Waals surface area contributed by atoms with Gasteiger partial charge in [-0.05, 0) is 30.3 Å². The first-order valence-corrected chi connectivity index (χ1v) is 7.54. The summed E-state index contributed by atoms with van der Waals surface area (Å²) in [4.78, 5) is 22.9. The molecule has 1 aromatic carbocycles. The van der Waals surface area contributed by atoms with E-state index in [0.29, 0.717) is 22.7 Å². The van der Waals surface area contributed by atoms with E-state index in [4.69, 9.17) is 4.42 Å². The van der Waals surface area contributed by atoms with Gasteiger partial charge in [-0.1, -0.05) is 6.07 Å². The average Bonchev–Trinajstić information content (AvgIpc) is 3.14. The first-order chi connectivity index (χ1) is 11.6. The molecule has 1 amide bonds. The Morgan fingerprint density at radius 3 is 2.75 bits per heavy atom. The molecule has 2 heterocycles. The van der Waals surface area contributed by atoms with Gasteiger partial charge in [0.15, 0.2) is 5.76 Å². The second kappa shape index (κ2) is 6.95. The predicted octanol–water partition coefficient (Wildman–Crippen LogP) is 2.73. The molecule has 0 saturated heterocycles. The lowest BCUT2D eigenvalue weighted by Gasteiger charge is -2.13. The number of hydrogen-bond acceptors (Lipinski definition) is 5. The van der Waals surface area contributed by atoms with E-state index in [0.717, 1.165) is 5.69 Å². The third kappa shape index (κ3) is 3.43. The molecule has 122 valence electrons. The minimum absolute atomic E-state index is 0.158. The van der Waals surface area contributed by atoms with E-state index in [1.165, 1.54) is 0 Å². The van der Waals surface area contributed by atoms with Crippen molar-refractivity contribution in [1.82, 2.24) is 15.3 Å². The Morgan fingerprint density at radius 1 is 1.17 bits per heavy atom. The van der Waals surface area contributed by atoms with Gasteiger partial charge in [0.25, 0.3) is 5.91 Å². The van der Waals surface area contributed by atoms with E-state index >= 15 is 0 Å². The Balaban J connectivity index is 1.75. The number of amides is 1. The van der Waals surface area contributed by atoms with Crippen molar-refractivity contribution in [2.45, 2.75) is 6.54 Å². The van der Waals surface area contributed by atoms with Crippen molar-refractivity contribution >= 4 is 11.6 Å². The van der Waals surface area contributed by atoms with E-state index in [-0.39, 0.29) is 12.5 Å². The first-order valence-electron chi connectivity index (χ1n) is 7.54. The van der Waals surface area contributed by atoms with E-state index in [1.54, 1.807) is 30.8 Å². The molecule has 0 aliphatic heterocycles. The number of carbonyl (C=O) groups excluding carboxylic acids is 1. The summed E-state index contributed by atoms with van der Waals surface area (Å²) >= 11 is 0. The molecule has 24 heavy (non-hydrogen) atoms. The number of rotatable bonds is 5. The van der Waals surface area contributed by atoms with Gasteiger partial charge in [0.1, 0.15) is 5.69 Å². The van der Waals surface area contributed by atoms with Gasteiger partial charge in [0.2, 0.25) is 0 Å². The van der Waals surface area contributed by atoms with E-state index in [9.17, 15) is 4.79 Å². The number of hydrogen-bond donors (Lipinski definition) is 1. The lowest BCUT2D eigenvalue weighted by atomic mass is 10.1. The lowest BCUT2D eigenvalue weighted by molar-refractivity contribution is 0.0950. The van der Waals surface area contributed by atoms with Crippen LogP contribution in [0.4, 0.5) is 5.69 Å². The van der Waals surface area contributed by atoms with Gasteiger partial charge in [-0.15, -0.1) is 0 Å². The number of nitrogens with zero attached hydrogens (tertiary/aromatic N) is 3. The highest BCUT2D eigenvalue weighted by atomic mass is 16.3. The number of anilines is 1. The van der Waals surface area contributed by atoms with Crippen molar-refractivity contribution in [3.8, 4) is 11.5 Å². The molecule has 0 fully saturated rings. The van der Waals surface area contributed by atoms with Gasteiger partial charge < -0.3 is 14.6 Å². The number of nitrogens with one attached hydrogen (secondary N) is 1. The molecule has 1 N–H and O–H groups in total. The predicted molar refractivity (Wildman–Crippen MR) is 91.7 cm³/mol. The Morgan fingerprint density at radius 2 is 2.00 bits per heavy atom. The van der Waals surface area contributed by atoms with Gasteiger partial charge in [-0.3, -0.25) is 9.78 Å². The van der Waals surface area contributed by atoms with Gasteiger partial charge in [0, 0.05) is 37.7 Å². The molecule has 0 bridgehead atoms. The minimum atomic E-state index is -0.158. The van der Waals surface area contributed by atoms with E-state index in [1.807, 2.05) is 43.3 Å². The molecular weight excluding hydrogens is 304 g/mol. The third-order valence-corrected chi connectivity index (χ3v) is 3.57. The van der Waals surface area contributed by atoms with Crippen LogP contribution < -0.4 is 10.2 Å². The molecule has 3 aromatic rings. The maximum Gasteiger partial charge on any atom is 0.251 e. The normalized spacial score (nSPS) is 10.4. The molecule has 6 heteroatoms. The van der Waals surface area contributed by atoms with Crippen molar-refractivity contribution < 1.29 is 9.21 Å². The van der Waals surface area contributed by atoms with Crippen molar-refractivity contribution in [2.75, 3.05) is 19.0 Å². The van der Waals surface area contributed by atoms with Crippen LogP contribution >= 0.6 is 0 Å². The summed E-state index contributed by atoms with van der Waals surface area (Å²) < 4.78 is 5.37. The van der Waals surface area contributed by atoms with Crippen molar-refractivity contribution in [1.29, 1.82) is 0 Å². The average molecular weight is 322 g/mol. The minimum Gasteiger partial charge on any atom is -0.463 e. The zero-order valence-electron chi connectivity index (χ0n) is 13.6. The Labute approximate surface area is 140 Å². The molecule has 0 atom stereocenters. The second-order valence-electron chi connectivity index (χ2n) is 5.46. The Kier molecular flexibility index (Phi) is 4.56. The molecule has 0 unspecified atom stereocenters. The quantitative estimate of drug-likeness (QED) is 0.782. The topological polar surface area (TPSA) is 71.3 Å². The zero-order chi connectivity index (χ0) is 16.9. The maximum absolute atomic E-state index is 12.4. The summed E-state index contributed by atoms with van der Waals surface area (Å²) in [5, 5.41) is 2.88. The molecule has 0 spiro atoms. The van der Waals surface area contributed by atoms with Crippen LogP contribution in [0, 0.1) is 0 Å². The van der Waals surface area contributed by atoms with E-state index < -0.39 is 0 Å². The molecule has 0 aliphatic carbocycles. The number of benzene rings is 1. The number of furan rings is 1. The largest absolute Gasteiger partial charge is 0.463 e. The smallest absolute Gasteiger partial charge is 0.251 e. The first kappa shape index (κ1) is 15.7. The highest BCUT2D eigenvalue weighted by molar-refractivity contribution is 5.95. The fraction of sp³-hybridized carbons (Fsp3) is 0.167. The molecule has 0 saturated carbocycles. The van der Waals surface area contributed by atoms with Crippen LogP contribution in [0.2, 0.25) is 0 Å². The van der Waals surface area contributed by atoms with Crippen LogP contribution in [-0.4, -0.2) is 30.0 Å². The zero-order valence-corrected chi connectivity index (χ0v) is 13.6. The summed E-state index contributed by atoms with van der Waals surface area (Å²) in [5.41, 5.74) is 2.86. The second-order valence-corrected chi connectivity index (χ2v) is 5.46. The van der Waals surface area contributed by atoms with E-state index in [2.05, 4.69) is 15.3 Å². The fourth-order valence-corrected chi connectivity index (χ4v) is 2.31. The fourth-order valence-electron chi connectivity index (χ4n) is 2.31. The van der Waals surface area contributed by atoms with Gasteiger partial charge in [-0.25, -0.2) is 4.98 Å². The summed E-state index contributed by atoms with van der Waals surface area (Å²) in [6.45, 7) is 0.273. The Bertz CT molecular complexity index is 829. The van der Waals surface area contributed by atoms with Gasteiger partial charge in [-0.2, -0.15) is 0 Å². The SMILES string of the molecule is CN(C)c1cccc(C(=O)NCc2nccnc2-c2ccco2)c1. The summed E-state index contributed by atoms with van der Waals surface area (Å²) in [5.74, 6) is 0.469. The van der Waals surface area contributed by atoms with Crippen LogP contribution in [-0.2, 0) is 6.54 Å². The standard InChI is InChI=1S/C18H18N4O2/c1-22(2)14-6-3-5-13(11-14)18(23)21-12-15-17(20-9-8-19-15)16-7-4-10-24-16/h3-11H,12H2,1-2H3,(H,21,23). The van der Waals surface area contributed by atoms with Crippen LogP contribution in [0.1, 0.15) is 16.1 Å². The molecule has 0 radical (unpaired) electrons. The molecular formula is C18H18N4O2. The lowest BCUT2D eigenvalue weighted by Crippen LogP contribution is -2.24. The summed E-state index contributed by atoms with van der Waals surface area (Å²) in [7, 11) is 3.87. The van der Waals surface area contributed by atoms with Crippen LogP contribution in [0.5, 0.6) is 0 Å².